The Morgan fingerprint density at radius 3 is 2.41 bits per heavy atom. The van der Waals surface area contributed by atoms with Crippen molar-refractivity contribution in [3.8, 4) is 11.3 Å². The van der Waals surface area contributed by atoms with Crippen LogP contribution in [-0.2, 0) is 19.5 Å². The number of rotatable bonds is 5. The SMILES string of the molecule is Cl.O.O=c1n(CCN2CCC(c3c(-c4ccc(F)cc4)oc4cc(F)ccc34)CC2)nc2n1CCCC2. The molecule has 0 radical (unpaired) electrons. The molecule has 4 aromatic rings. The zero-order valence-corrected chi connectivity index (χ0v) is 21.3. The van der Waals surface area contributed by atoms with Crippen LogP contribution >= 0.6 is 12.4 Å². The number of piperidine rings is 1. The highest BCUT2D eigenvalue weighted by Crippen LogP contribution is 2.42. The zero-order chi connectivity index (χ0) is 23.9. The quantitative estimate of drug-likeness (QED) is 0.377. The average Bonchev–Trinajstić information content (AvgIpc) is 3.41. The number of benzene rings is 2. The molecule has 6 rings (SSSR count). The van der Waals surface area contributed by atoms with Crippen molar-refractivity contribution in [1.82, 2.24) is 19.2 Å². The van der Waals surface area contributed by atoms with Crippen molar-refractivity contribution in [3.63, 3.8) is 0 Å². The Morgan fingerprint density at radius 1 is 0.946 bits per heavy atom. The standard InChI is InChI=1S/C27H28F2N4O2.ClH.H2O/c28-20-6-4-19(5-7-20)26-25(22-9-8-21(29)17-23(22)35-26)18-10-13-31(14-11-18)15-16-33-27(34)32-12-2-1-3-24(32)30-33;;/h4-9,17-18H,1-3,10-16H2;1H;1H2. The number of nitrogens with zero attached hydrogens (tertiary/aromatic N) is 4. The van der Waals surface area contributed by atoms with Gasteiger partial charge in [-0.3, -0.25) is 4.57 Å². The maximum Gasteiger partial charge on any atom is 0.345 e. The number of aryl methyl sites for hydroxylation is 1. The third kappa shape index (κ3) is 5.21. The van der Waals surface area contributed by atoms with E-state index in [1.807, 2.05) is 4.57 Å². The number of fused-ring (bicyclic) bond motifs is 2. The van der Waals surface area contributed by atoms with Crippen LogP contribution in [0.5, 0.6) is 0 Å². The molecule has 0 unspecified atom stereocenters. The molecule has 0 aliphatic carbocycles. The van der Waals surface area contributed by atoms with Crippen LogP contribution in [-0.4, -0.2) is 44.4 Å². The van der Waals surface area contributed by atoms with Crippen molar-refractivity contribution < 1.29 is 18.7 Å². The summed E-state index contributed by atoms with van der Waals surface area (Å²) in [4.78, 5) is 15.0. The van der Waals surface area contributed by atoms with Crippen molar-refractivity contribution in [3.05, 3.63) is 76.0 Å². The van der Waals surface area contributed by atoms with Gasteiger partial charge in [-0.25, -0.2) is 18.3 Å². The molecule has 0 amide bonds. The van der Waals surface area contributed by atoms with Crippen LogP contribution in [0.4, 0.5) is 8.78 Å². The minimum Gasteiger partial charge on any atom is -0.456 e. The fraction of sp³-hybridized carbons (Fsp3) is 0.407. The van der Waals surface area contributed by atoms with Crippen LogP contribution in [0.3, 0.4) is 0 Å². The zero-order valence-electron chi connectivity index (χ0n) is 20.5. The largest absolute Gasteiger partial charge is 0.456 e. The summed E-state index contributed by atoms with van der Waals surface area (Å²) in [6, 6.07) is 10.9. The molecule has 198 valence electrons. The molecule has 2 aliphatic heterocycles. The molecule has 2 aliphatic rings. The van der Waals surface area contributed by atoms with Crippen molar-refractivity contribution in [1.29, 1.82) is 0 Å². The van der Waals surface area contributed by atoms with Gasteiger partial charge in [0, 0.05) is 42.1 Å². The highest BCUT2D eigenvalue weighted by atomic mass is 35.5. The molecule has 1 fully saturated rings. The first-order valence-electron chi connectivity index (χ1n) is 12.4. The second-order valence-electron chi connectivity index (χ2n) is 9.64. The van der Waals surface area contributed by atoms with E-state index in [1.54, 1.807) is 22.9 Å². The Labute approximate surface area is 219 Å². The van der Waals surface area contributed by atoms with Crippen molar-refractivity contribution in [2.75, 3.05) is 19.6 Å². The first-order valence-corrected chi connectivity index (χ1v) is 12.4. The summed E-state index contributed by atoms with van der Waals surface area (Å²) >= 11 is 0. The topological polar surface area (TPSA) is 87.7 Å². The van der Waals surface area contributed by atoms with Crippen molar-refractivity contribution in [2.45, 2.75) is 51.1 Å². The van der Waals surface area contributed by atoms with E-state index in [0.717, 1.165) is 80.6 Å². The summed E-state index contributed by atoms with van der Waals surface area (Å²) in [6.45, 7) is 3.94. The Balaban J connectivity index is 0.00000160. The maximum atomic E-state index is 13.9. The average molecular weight is 533 g/mol. The van der Waals surface area contributed by atoms with Gasteiger partial charge in [-0.2, -0.15) is 5.10 Å². The van der Waals surface area contributed by atoms with Gasteiger partial charge in [0.1, 0.15) is 28.8 Å². The van der Waals surface area contributed by atoms with Crippen LogP contribution in [0.2, 0.25) is 0 Å². The number of likely N-dealkylation sites (tertiary alicyclic amines) is 1. The highest BCUT2D eigenvalue weighted by molar-refractivity contribution is 5.88. The number of halogens is 3. The summed E-state index contributed by atoms with van der Waals surface area (Å²) in [7, 11) is 0. The van der Waals surface area contributed by atoms with E-state index in [4.69, 9.17) is 4.42 Å². The molecule has 37 heavy (non-hydrogen) atoms. The number of furan rings is 1. The van der Waals surface area contributed by atoms with Gasteiger partial charge in [0.25, 0.3) is 0 Å². The monoisotopic (exact) mass is 532 g/mol. The van der Waals surface area contributed by atoms with Gasteiger partial charge in [0.15, 0.2) is 0 Å². The normalized spacial score (nSPS) is 16.3. The Kier molecular flexibility index (Phi) is 8.16. The summed E-state index contributed by atoms with van der Waals surface area (Å²) < 4.78 is 37.0. The lowest BCUT2D eigenvalue weighted by Gasteiger charge is -2.32. The third-order valence-corrected chi connectivity index (χ3v) is 7.45. The van der Waals surface area contributed by atoms with Gasteiger partial charge in [-0.15, -0.1) is 12.4 Å². The second-order valence-corrected chi connectivity index (χ2v) is 9.64. The fourth-order valence-electron chi connectivity index (χ4n) is 5.59. The van der Waals surface area contributed by atoms with Gasteiger partial charge < -0.3 is 14.8 Å². The van der Waals surface area contributed by atoms with E-state index in [0.29, 0.717) is 17.9 Å². The molecule has 0 spiro atoms. The van der Waals surface area contributed by atoms with Crippen molar-refractivity contribution >= 4 is 23.4 Å². The first kappa shape index (κ1) is 27.0. The summed E-state index contributed by atoms with van der Waals surface area (Å²) in [6.07, 6.45) is 4.87. The predicted octanol–water partition coefficient (Wildman–Crippen LogP) is 4.55. The lowest BCUT2D eigenvalue weighted by Crippen LogP contribution is -2.37. The summed E-state index contributed by atoms with van der Waals surface area (Å²) in [5.74, 6) is 1.22. The van der Waals surface area contributed by atoms with E-state index in [-0.39, 0.29) is 41.1 Å². The van der Waals surface area contributed by atoms with Gasteiger partial charge >= 0.3 is 5.69 Å². The number of aromatic nitrogens is 3. The third-order valence-electron chi connectivity index (χ3n) is 7.45. The lowest BCUT2D eigenvalue weighted by molar-refractivity contribution is 0.202. The molecular formula is C27H31ClF2N4O3. The molecule has 0 bridgehead atoms. The van der Waals surface area contributed by atoms with E-state index in [1.165, 1.54) is 24.3 Å². The van der Waals surface area contributed by atoms with E-state index in [2.05, 4.69) is 10.00 Å². The molecular weight excluding hydrogens is 502 g/mol. The predicted molar refractivity (Wildman–Crippen MR) is 140 cm³/mol. The van der Waals surface area contributed by atoms with Crippen LogP contribution in [0.15, 0.2) is 51.7 Å². The molecule has 0 atom stereocenters. The fourth-order valence-corrected chi connectivity index (χ4v) is 5.59. The molecule has 4 heterocycles. The Hall–Kier alpha value is -3.01. The van der Waals surface area contributed by atoms with Crippen LogP contribution in [0, 0.1) is 11.6 Å². The second kappa shape index (κ2) is 11.2. The van der Waals surface area contributed by atoms with E-state index < -0.39 is 0 Å². The molecule has 2 aromatic heterocycles. The summed E-state index contributed by atoms with van der Waals surface area (Å²) in [5.41, 5.74) is 2.40. The van der Waals surface area contributed by atoms with Gasteiger partial charge in [-0.1, -0.05) is 0 Å². The van der Waals surface area contributed by atoms with Gasteiger partial charge in [0.2, 0.25) is 0 Å². The van der Waals surface area contributed by atoms with Crippen LogP contribution < -0.4 is 5.69 Å². The molecule has 10 heteroatoms. The van der Waals surface area contributed by atoms with Crippen molar-refractivity contribution in [2.24, 2.45) is 0 Å². The van der Waals surface area contributed by atoms with Gasteiger partial charge in [-0.05, 0) is 81.1 Å². The smallest absolute Gasteiger partial charge is 0.345 e. The van der Waals surface area contributed by atoms with Crippen LogP contribution in [0.25, 0.3) is 22.3 Å². The number of hydrogen-bond acceptors (Lipinski definition) is 4. The first-order chi connectivity index (χ1) is 17.1. The summed E-state index contributed by atoms with van der Waals surface area (Å²) in [5, 5.41) is 5.47. The lowest BCUT2D eigenvalue weighted by atomic mass is 9.86. The number of hydrogen-bond donors (Lipinski definition) is 0. The van der Waals surface area contributed by atoms with Crippen LogP contribution in [0.1, 0.15) is 43.0 Å². The molecule has 0 saturated carbocycles. The molecule has 2 N–H and O–H groups in total. The molecule has 2 aromatic carbocycles. The minimum atomic E-state index is -0.338. The van der Waals surface area contributed by atoms with E-state index >= 15 is 0 Å². The molecule has 7 nitrogen and oxygen atoms in total. The van der Waals surface area contributed by atoms with E-state index in [9.17, 15) is 13.6 Å². The Morgan fingerprint density at radius 2 is 1.68 bits per heavy atom. The van der Waals surface area contributed by atoms with Gasteiger partial charge in [0.05, 0.1) is 6.54 Å². The molecule has 1 saturated heterocycles. The minimum absolute atomic E-state index is 0. The highest BCUT2D eigenvalue weighted by Gasteiger charge is 2.28. The Bertz CT molecular complexity index is 1420. The maximum absolute atomic E-state index is 13.9.